The second-order valence-electron chi connectivity index (χ2n) is 22.5. The molecule has 22 nitrogen and oxygen atoms in total. The van der Waals surface area contributed by atoms with Crippen molar-refractivity contribution in [3.63, 3.8) is 0 Å². The Morgan fingerprint density at radius 2 is 1.64 bits per heavy atom. The first kappa shape index (κ1) is 64.0. The lowest BCUT2D eigenvalue weighted by atomic mass is 9.75. The molecular weight excluding hydrogens is 1070 g/mol. The van der Waals surface area contributed by atoms with Gasteiger partial charge in [-0.3, -0.25) is 34.1 Å². The van der Waals surface area contributed by atoms with Crippen LogP contribution in [0.5, 0.6) is 5.75 Å². The van der Waals surface area contributed by atoms with Crippen LogP contribution in [-0.4, -0.2) is 160 Å². The number of carbonyl (C=O) groups is 9. The van der Waals surface area contributed by atoms with Gasteiger partial charge >= 0.3 is 24.0 Å². The number of thioether (sulfide) groups is 1. The summed E-state index contributed by atoms with van der Waals surface area (Å²) < 4.78 is 35.8. The molecule has 81 heavy (non-hydrogen) atoms. The number of anilines is 1. The summed E-state index contributed by atoms with van der Waals surface area (Å²) in [4.78, 5) is 126. The Morgan fingerprint density at radius 1 is 0.951 bits per heavy atom. The minimum atomic E-state index is -1.93. The van der Waals surface area contributed by atoms with E-state index in [2.05, 4.69) is 5.32 Å². The number of amides is 5. The first-order chi connectivity index (χ1) is 38.1. The number of aliphatic hydroxyl groups is 1. The molecule has 4 bridgehead atoms. The fraction of sp³-hybridized carbons (Fsp3) is 0.638. The highest BCUT2D eigenvalue weighted by atomic mass is 32.2. The van der Waals surface area contributed by atoms with Gasteiger partial charge in [0.15, 0.2) is 10.8 Å². The lowest BCUT2D eigenvalue weighted by Crippen LogP contribution is -2.67. The molecule has 1 aliphatic carbocycles. The number of alkyl carbamates (subject to hydrolysis) is 1. The van der Waals surface area contributed by atoms with Crippen molar-refractivity contribution >= 4 is 70.2 Å². The topological polar surface area (TPSA) is 284 Å². The molecule has 4 heterocycles. The summed E-state index contributed by atoms with van der Waals surface area (Å²) in [6.45, 7) is 13.0. The van der Waals surface area contributed by atoms with Gasteiger partial charge in [-0.2, -0.15) is 0 Å². The largest absolute Gasteiger partial charge is 0.508 e. The maximum atomic E-state index is 14.4. The van der Waals surface area contributed by atoms with E-state index in [4.69, 9.17) is 33.3 Å². The number of fused-ring (bicyclic) bond motifs is 5. The van der Waals surface area contributed by atoms with Crippen molar-refractivity contribution in [2.24, 2.45) is 17.8 Å². The molecule has 446 valence electrons. The Labute approximate surface area is 477 Å². The standard InChI is InChI=1S/C58H80N4O18S/c1-33-17-16-20-44(74-11)58(73)32-56(7,79-55(72)59-58)37(5)51-57(8,78-51)45(30-49(67)61(10)40-28-39(27-33)29-41(63)36(40)4)77-53(70)38(6)60(9)46(64)25-26-81-54(71)35(3)22-21-34(2)52(69)76-43-19-15-13-12-14-18-42(43)75-31-50(68)80-62-47(65)23-24-48(62)66/h15-17,19-20,28-29,34-35,37-38,42-45,51,63,73H,12-14,18,21-27,30-32H2,1-11H3,(H,59,72)/b19-15+,20-16+,33-17+/t34?,35?,37-,38-,42?,43?,44?,45-,51-,56-,57-,58?/m0/s1. The van der Waals surface area contributed by atoms with Gasteiger partial charge in [-0.05, 0) is 96.9 Å². The number of esters is 2. The highest BCUT2D eigenvalue weighted by Gasteiger charge is 2.67. The van der Waals surface area contributed by atoms with Crippen molar-refractivity contribution in [2.45, 2.75) is 186 Å². The van der Waals surface area contributed by atoms with Gasteiger partial charge < -0.3 is 53.3 Å². The molecule has 0 aromatic heterocycles. The Hall–Kier alpha value is -6.14. The summed E-state index contributed by atoms with van der Waals surface area (Å²) in [5, 5.41) is 25.8. The number of nitrogens with one attached hydrogen (secondary N) is 1. The van der Waals surface area contributed by atoms with Gasteiger partial charge in [-0.25, -0.2) is 14.4 Å². The van der Waals surface area contributed by atoms with E-state index in [0.29, 0.717) is 47.6 Å². The van der Waals surface area contributed by atoms with Gasteiger partial charge in [0.1, 0.15) is 47.9 Å². The number of imide groups is 1. The second kappa shape index (κ2) is 27.3. The number of benzene rings is 1. The molecule has 0 spiro atoms. The fourth-order valence-electron chi connectivity index (χ4n) is 10.5. The minimum Gasteiger partial charge on any atom is -0.508 e. The molecule has 5 aliphatic rings. The smallest absolute Gasteiger partial charge is 0.410 e. The molecule has 3 saturated heterocycles. The number of hydrogen-bond donors (Lipinski definition) is 3. The monoisotopic (exact) mass is 1150 g/mol. The first-order valence-corrected chi connectivity index (χ1v) is 28.6. The highest BCUT2D eigenvalue weighted by molar-refractivity contribution is 8.13. The van der Waals surface area contributed by atoms with Gasteiger partial charge in [0, 0.05) is 70.0 Å². The number of hydroxylamine groups is 2. The third-order valence-corrected chi connectivity index (χ3v) is 17.3. The quantitative estimate of drug-likeness (QED) is 0.0530. The average Bonchev–Trinajstić information content (AvgIpc) is 4.00. The number of carbonyl (C=O) groups excluding carboxylic acids is 9. The van der Waals surface area contributed by atoms with Crippen LogP contribution in [0.4, 0.5) is 10.5 Å². The SMILES string of the molecule is COC1/C=C/C=C(\C)Cc2cc(O)c(C)c(c2)N(C)C(=O)C[C@H](OC(=O)[C@H](C)N(C)C(=O)CCSC(=O)C(C)CCC(C)C(=O)OC2/C=C/CCCCC2OCC(=O)ON2C(=O)CCC2=O)[C@]2(C)O[C@H]2[C@H](C)[C@]2(C)CC1(O)NC(=O)O2. The van der Waals surface area contributed by atoms with Crippen LogP contribution in [0, 0.1) is 24.7 Å². The van der Waals surface area contributed by atoms with Crippen LogP contribution in [0.25, 0.3) is 0 Å². The number of epoxide rings is 1. The average molecular weight is 1150 g/mol. The molecule has 3 fully saturated rings. The third-order valence-electron chi connectivity index (χ3n) is 16.2. The molecular formula is C58H80N4O18S. The van der Waals surface area contributed by atoms with E-state index in [1.807, 2.05) is 19.1 Å². The summed E-state index contributed by atoms with van der Waals surface area (Å²) in [5.74, 6) is -6.19. The van der Waals surface area contributed by atoms with Crippen LogP contribution in [-0.2, 0) is 78.0 Å². The van der Waals surface area contributed by atoms with E-state index in [-0.39, 0.29) is 42.3 Å². The Balaban J connectivity index is 1.05. The Morgan fingerprint density at radius 3 is 2.33 bits per heavy atom. The molecule has 12 atom stereocenters. The number of nitrogens with zero attached hydrogens (tertiary/aromatic N) is 3. The molecule has 4 aliphatic heterocycles. The summed E-state index contributed by atoms with van der Waals surface area (Å²) in [7, 11) is 4.39. The number of hydrogen-bond acceptors (Lipinski definition) is 19. The lowest BCUT2D eigenvalue weighted by molar-refractivity contribution is -0.202. The summed E-state index contributed by atoms with van der Waals surface area (Å²) in [6.07, 6.45) is 6.32. The van der Waals surface area contributed by atoms with Crippen molar-refractivity contribution in [3.8, 4) is 5.75 Å². The first-order valence-electron chi connectivity index (χ1n) is 27.7. The molecule has 1 aromatic rings. The van der Waals surface area contributed by atoms with E-state index in [1.165, 1.54) is 30.9 Å². The number of phenols is 1. The number of aromatic hydroxyl groups is 1. The van der Waals surface area contributed by atoms with Gasteiger partial charge in [0.25, 0.3) is 11.8 Å². The predicted octanol–water partition coefficient (Wildman–Crippen LogP) is 5.99. The van der Waals surface area contributed by atoms with Crippen molar-refractivity contribution in [1.82, 2.24) is 15.3 Å². The molecule has 5 amide bonds. The Kier molecular flexibility index (Phi) is 21.6. The Bertz CT molecular complexity index is 2640. The van der Waals surface area contributed by atoms with E-state index in [1.54, 1.807) is 79.0 Å². The predicted molar refractivity (Wildman–Crippen MR) is 294 cm³/mol. The third kappa shape index (κ3) is 15.9. The van der Waals surface area contributed by atoms with Gasteiger partial charge in [0.2, 0.25) is 11.8 Å². The molecule has 6 rings (SSSR count). The molecule has 0 radical (unpaired) electrons. The number of phenolic OH excluding ortho intramolecular Hbond substituents is 1. The number of likely N-dealkylation sites (N-methyl/N-ethyl adjacent to an activating group) is 1. The van der Waals surface area contributed by atoms with Crippen LogP contribution in [0.2, 0.25) is 0 Å². The molecule has 1 aromatic carbocycles. The summed E-state index contributed by atoms with van der Waals surface area (Å²) in [6, 6.07) is 2.24. The van der Waals surface area contributed by atoms with Crippen molar-refractivity contribution in [2.75, 3.05) is 38.5 Å². The van der Waals surface area contributed by atoms with Crippen molar-refractivity contribution < 1.29 is 86.6 Å². The maximum absolute atomic E-state index is 14.4. The van der Waals surface area contributed by atoms with Crippen LogP contribution < -0.4 is 10.2 Å². The van der Waals surface area contributed by atoms with Gasteiger partial charge in [-0.15, -0.1) is 5.06 Å². The van der Waals surface area contributed by atoms with Crippen molar-refractivity contribution in [3.05, 3.63) is 59.2 Å². The zero-order valence-corrected chi connectivity index (χ0v) is 49.1. The molecule has 0 saturated carbocycles. The van der Waals surface area contributed by atoms with Crippen LogP contribution in [0.1, 0.15) is 130 Å². The van der Waals surface area contributed by atoms with Crippen LogP contribution in [0.3, 0.4) is 0 Å². The zero-order valence-electron chi connectivity index (χ0n) is 48.3. The van der Waals surface area contributed by atoms with Crippen LogP contribution in [0.15, 0.2) is 48.1 Å². The van der Waals surface area contributed by atoms with E-state index < -0.39 is 132 Å². The van der Waals surface area contributed by atoms with Gasteiger partial charge in [0.05, 0.1) is 30.2 Å². The normalized spacial score (nSPS) is 30.6. The van der Waals surface area contributed by atoms with Crippen LogP contribution >= 0.6 is 11.8 Å². The summed E-state index contributed by atoms with van der Waals surface area (Å²) in [5.41, 5.74) is -2.21. The van der Waals surface area contributed by atoms with Crippen molar-refractivity contribution in [1.29, 1.82) is 0 Å². The molecule has 3 N–H and O–H groups in total. The number of methoxy groups -OCH3 is 1. The second-order valence-corrected chi connectivity index (χ2v) is 23.6. The molecule has 6 unspecified atom stereocenters. The van der Waals surface area contributed by atoms with E-state index in [9.17, 15) is 53.4 Å². The number of allylic oxidation sites excluding steroid dienone is 4. The summed E-state index contributed by atoms with van der Waals surface area (Å²) >= 11 is 0.957. The van der Waals surface area contributed by atoms with E-state index in [0.717, 1.165) is 36.6 Å². The zero-order chi connectivity index (χ0) is 59.7. The lowest BCUT2D eigenvalue weighted by Gasteiger charge is -2.47. The fourth-order valence-corrected chi connectivity index (χ4v) is 11.4. The number of rotatable bonds is 17. The minimum absolute atomic E-state index is 0.0326. The highest BCUT2D eigenvalue weighted by Crippen LogP contribution is 2.52. The van der Waals surface area contributed by atoms with E-state index >= 15 is 0 Å². The number of ether oxygens (including phenoxy) is 6. The molecule has 23 heteroatoms. The van der Waals surface area contributed by atoms with Gasteiger partial charge in [-0.1, -0.05) is 68.8 Å². The maximum Gasteiger partial charge on any atom is 0.410 e.